The number of hydrogen-bond donors (Lipinski definition) is 1. The molecule has 1 aliphatic carbocycles. The predicted octanol–water partition coefficient (Wildman–Crippen LogP) is 1.76. The van der Waals surface area contributed by atoms with Crippen LogP contribution in [0.25, 0.3) is 0 Å². The topological polar surface area (TPSA) is 29.3 Å². The first-order chi connectivity index (χ1) is 5.25. The van der Waals surface area contributed by atoms with E-state index in [0.29, 0.717) is 6.04 Å². The minimum atomic E-state index is 0.647. The second kappa shape index (κ2) is 4.07. The summed E-state index contributed by atoms with van der Waals surface area (Å²) in [6.45, 7) is 2.27. The first-order valence-corrected chi connectivity index (χ1v) is 4.73. The SMILES string of the molecule is CCC1CCCCC1N(C)N. The second-order valence-corrected chi connectivity index (χ2v) is 3.69. The Hall–Kier alpha value is -0.0800. The molecule has 0 aliphatic heterocycles. The van der Waals surface area contributed by atoms with E-state index in [9.17, 15) is 0 Å². The quantitative estimate of drug-likeness (QED) is 0.487. The van der Waals surface area contributed by atoms with Crippen molar-refractivity contribution < 1.29 is 0 Å². The van der Waals surface area contributed by atoms with Gasteiger partial charge < -0.3 is 0 Å². The number of rotatable bonds is 2. The molecular weight excluding hydrogens is 136 g/mol. The Kier molecular flexibility index (Phi) is 3.34. The van der Waals surface area contributed by atoms with Crippen LogP contribution in [0.4, 0.5) is 0 Å². The molecule has 0 aromatic rings. The van der Waals surface area contributed by atoms with Crippen LogP contribution in [0.15, 0.2) is 0 Å². The van der Waals surface area contributed by atoms with Crippen molar-refractivity contribution in [3.63, 3.8) is 0 Å². The minimum absolute atomic E-state index is 0.647. The Morgan fingerprint density at radius 3 is 2.45 bits per heavy atom. The Balaban J connectivity index is 2.44. The van der Waals surface area contributed by atoms with Gasteiger partial charge >= 0.3 is 0 Å². The van der Waals surface area contributed by atoms with Crippen molar-refractivity contribution >= 4 is 0 Å². The third kappa shape index (κ3) is 2.17. The molecule has 0 radical (unpaired) electrons. The summed E-state index contributed by atoms with van der Waals surface area (Å²) in [5, 5.41) is 1.91. The van der Waals surface area contributed by atoms with E-state index in [1.54, 1.807) is 0 Å². The molecule has 1 aliphatic rings. The largest absolute Gasteiger partial charge is 0.269 e. The van der Waals surface area contributed by atoms with E-state index in [1.807, 2.05) is 12.1 Å². The summed E-state index contributed by atoms with van der Waals surface area (Å²) >= 11 is 0. The van der Waals surface area contributed by atoms with Gasteiger partial charge in [0, 0.05) is 13.1 Å². The molecule has 2 heteroatoms. The van der Waals surface area contributed by atoms with E-state index in [1.165, 1.54) is 32.1 Å². The maximum atomic E-state index is 5.77. The van der Waals surface area contributed by atoms with Crippen LogP contribution in [0.5, 0.6) is 0 Å². The number of nitrogens with zero attached hydrogens (tertiary/aromatic N) is 1. The fraction of sp³-hybridized carbons (Fsp3) is 1.00. The summed E-state index contributed by atoms with van der Waals surface area (Å²) in [5.41, 5.74) is 0. The number of hydrazine groups is 1. The smallest absolute Gasteiger partial charge is 0.0266 e. The Morgan fingerprint density at radius 2 is 2.00 bits per heavy atom. The lowest BCUT2D eigenvalue weighted by Crippen LogP contribution is -2.43. The summed E-state index contributed by atoms with van der Waals surface area (Å²) < 4.78 is 0. The second-order valence-electron chi connectivity index (χ2n) is 3.69. The van der Waals surface area contributed by atoms with Crippen LogP contribution in [-0.2, 0) is 0 Å². The van der Waals surface area contributed by atoms with Gasteiger partial charge in [-0.05, 0) is 18.8 Å². The Labute approximate surface area is 69.7 Å². The average Bonchev–Trinajstić information content (AvgIpc) is 2.04. The van der Waals surface area contributed by atoms with Gasteiger partial charge in [-0.2, -0.15) is 0 Å². The lowest BCUT2D eigenvalue weighted by Gasteiger charge is -2.35. The first-order valence-electron chi connectivity index (χ1n) is 4.73. The van der Waals surface area contributed by atoms with Crippen LogP contribution in [0.3, 0.4) is 0 Å². The highest BCUT2D eigenvalue weighted by atomic mass is 15.4. The number of nitrogens with two attached hydrogens (primary N) is 1. The Morgan fingerprint density at radius 1 is 1.36 bits per heavy atom. The highest BCUT2D eigenvalue weighted by Gasteiger charge is 2.25. The zero-order valence-electron chi connectivity index (χ0n) is 7.71. The van der Waals surface area contributed by atoms with E-state index < -0.39 is 0 Å². The molecule has 66 valence electrons. The van der Waals surface area contributed by atoms with Crippen molar-refractivity contribution in [1.82, 2.24) is 5.01 Å². The summed E-state index contributed by atoms with van der Waals surface area (Å²) in [6, 6.07) is 0.647. The molecule has 2 unspecified atom stereocenters. The summed E-state index contributed by atoms with van der Waals surface area (Å²) in [7, 11) is 2.00. The van der Waals surface area contributed by atoms with E-state index in [2.05, 4.69) is 6.92 Å². The van der Waals surface area contributed by atoms with E-state index in [-0.39, 0.29) is 0 Å². The molecule has 0 aromatic heterocycles. The highest BCUT2D eigenvalue weighted by Crippen LogP contribution is 2.28. The lowest BCUT2D eigenvalue weighted by atomic mass is 9.83. The molecule has 0 amide bonds. The summed E-state index contributed by atoms with van der Waals surface area (Å²) in [4.78, 5) is 0. The van der Waals surface area contributed by atoms with Gasteiger partial charge in [0.15, 0.2) is 0 Å². The predicted molar refractivity (Wildman–Crippen MR) is 48.0 cm³/mol. The van der Waals surface area contributed by atoms with Crippen molar-refractivity contribution in [1.29, 1.82) is 0 Å². The van der Waals surface area contributed by atoms with E-state index in [0.717, 1.165) is 5.92 Å². The molecule has 0 heterocycles. The molecule has 0 aromatic carbocycles. The van der Waals surface area contributed by atoms with Gasteiger partial charge in [-0.15, -0.1) is 0 Å². The molecule has 2 atom stereocenters. The Bertz CT molecular complexity index is 112. The molecule has 2 N–H and O–H groups in total. The molecular formula is C9H20N2. The normalized spacial score (nSPS) is 32.7. The zero-order valence-corrected chi connectivity index (χ0v) is 7.71. The van der Waals surface area contributed by atoms with Crippen molar-refractivity contribution in [2.45, 2.75) is 45.1 Å². The van der Waals surface area contributed by atoms with Gasteiger partial charge in [0.2, 0.25) is 0 Å². The van der Waals surface area contributed by atoms with Crippen LogP contribution in [0.1, 0.15) is 39.0 Å². The van der Waals surface area contributed by atoms with E-state index in [4.69, 9.17) is 5.84 Å². The molecule has 1 fully saturated rings. The van der Waals surface area contributed by atoms with Gasteiger partial charge in [-0.1, -0.05) is 26.2 Å². The molecule has 1 saturated carbocycles. The van der Waals surface area contributed by atoms with Gasteiger partial charge in [-0.3, -0.25) is 5.84 Å². The summed E-state index contributed by atoms with van der Waals surface area (Å²) in [5.74, 6) is 6.61. The van der Waals surface area contributed by atoms with Crippen molar-refractivity contribution in [2.24, 2.45) is 11.8 Å². The minimum Gasteiger partial charge on any atom is -0.269 e. The van der Waals surface area contributed by atoms with Crippen LogP contribution >= 0.6 is 0 Å². The van der Waals surface area contributed by atoms with Crippen molar-refractivity contribution in [3.05, 3.63) is 0 Å². The molecule has 2 nitrogen and oxygen atoms in total. The molecule has 0 spiro atoms. The summed E-state index contributed by atoms with van der Waals surface area (Å²) in [6.07, 6.45) is 6.73. The molecule has 11 heavy (non-hydrogen) atoms. The standard InChI is InChI=1S/C9H20N2/c1-3-8-6-4-5-7-9(8)11(2)10/h8-9H,3-7,10H2,1-2H3. The zero-order chi connectivity index (χ0) is 8.27. The van der Waals surface area contributed by atoms with E-state index >= 15 is 0 Å². The lowest BCUT2D eigenvalue weighted by molar-refractivity contribution is 0.128. The maximum Gasteiger partial charge on any atom is 0.0266 e. The fourth-order valence-corrected chi connectivity index (χ4v) is 2.20. The van der Waals surface area contributed by atoms with Gasteiger partial charge in [0.05, 0.1) is 0 Å². The third-order valence-electron chi connectivity index (χ3n) is 2.92. The van der Waals surface area contributed by atoms with Crippen LogP contribution in [0.2, 0.25) is 0 Å². The average molecular weight is 156 g/mol. The third-order valence-corrected chi connectivity index (χ3v) is 2.92. The van der Waals surface area contributed by atoms with Crippen LogP contribution in [-0.4, -0.2) is 18.1 Å². The highest BCUT2D eigenvalue weighted by molar-refractivity contribution is 4.78. The molecule has 0 bridgehead atoms. The molecule has 0 saturated heterocycles. The van der Waals surface area contributed by atoms with Gasteiger partial charge in [0.25, 0.3) is 0 Å². The van der Waals surface area contributed by atoms with Crippen LogP contribution in [0, 0.1) is 5.92 Å². The monoisotopic (exact) mass is 156 g/mol. The number of hydrogen-bond acceptors (Lipinski definition) is 2. The van der Waals surface area contributed by atoms with Crippen molar-refractivity contribution in [2.75, 3.05) is 7.05 Å². The first kappa shape index (κ1) is 9.01. The van der Waals surface area contributed by atoms with Crippen LogP contribution < -0.4 is 5.84 Å². The van der Waals surface area contributed by atoms with Gasteiger partial charge in [-0.25, -0.2) is 5.01 Å². The molecule has 1 rings (SSSR count). The van der Waals surface area contributed by atoms with Crippen molar-refractivity contribution in [3.8, 4) is 0 Å². The fourth-order valence-electron chi connectivity index (χ4n) is 2.20. The maximum absolute atomic E-state index is 5.77. The van der Waals surface area contributed by atoms with Gasteiger partial charge in [0.1, 0.15) is 0 Å².